The van der Waals surface area contributed by atoms with Crippen molar-refractivity contribution < 1.29 is 25.5 Å². The molecule has 0 aromatic carbocycles. The van der Waals surface area contributed by atoms with Gasteiger partial charge >= 0.3 is 0 Å². The third-order valence-electron chi connectivity index (χ3n) is 2.05. The summed E-state index contributed by atoms with van der Waals surface area (Å²) in [6.07, 6.45) is 0.295. The molecule has 1 atom stereocenters. The molecule has 14 heavy (non-hydrogen) atoms. The average molecular weight is 209 g/mol. The van der Waals surface area contributed by atoms with E-state index in [1.165, 1.54) is 4.90 Å². The Bertz CT molecular complexity index is 141. The molecular formula is C8H19NO5. The highest BCUT2D eigenvalue weighted by atomic mass is 16.7. The van der Waals surface area contributed by atoms with E-state index in [2.05, 4.69) is 0 Å². The van der Waals surface area contributed by atoms with E-state index in [4.69, 9.17) is 25.5 Å². The van der Waals surface area contributed by atoms with E-state index < -0.39 is 12.0 Å². The van der Waals surface area contributed by atoms with Crippen LogP contribution in [0.5, 0.6) is 0 Å². The van der Waals surface area contributed by atoms with Crippen molar-refractivity contribution in [3.63, 3.8) is 0 Å². The lowest BCUT2D eigenvalue weighted by atomic mass is 10.1. The second-order valence-electron chi connectivity index (χ2n) is 3.09. The minimum absolute atomic E-state index is 0.169. The lowest BCUT2D eigenvalue weighted by Crippen LogP contribution is -2.54. The van der Waals surface area contributed by atoms with Crippen LogP contribution in [0.3, 0.4) is 0 Å². The SMILES string of the molecule is CCC(N(CCO)CCO)C(O)(O)O. The van der Waals surface area contributed by atoms with Gasteiger partial charge < -0.3 is 25.5 Å². The summed E-state index contributed by atoms with van der Waals surface area (Å²) < 4.78 is 0. The van der Waals surface area contributed by atoms with E-state index in [0.717, 1.165) is 0 Å². The monoisotopic (exact) mass is 209 g/mol. The Morgan fingerprint density at radius 3 is 1.71 bits per heavy atom. The highest BCUT2D eigenvalue weighted by Crippen LogP contribution is 2.14. The Hall–Kier alpha value is -0.240. The molecule has 0 aliphatic carbocycles. The summed E-state index contributed by atoms with van der Waals surface area (Å²) in [5.41, 5.74) is 0. The van der Waals surface area contributed by atoms with Gasteiger partial charge in [0.1, 0.15) is 0 Å². The van der Waals surface area contributed by atoms with E-state index in [1.807, 2.05) is 0 Å². The maximum atomic E-state index is 9.01. The molecule has 0 aromatic heterocycles. The van der Waals surface area contributed by atoms with Crippen molar-refractivity contribution in [2.75, 3.05) is 26.3 Å². The van der Waals surface area contributed by atoms with Gasteiger partial charge in [-0.25, -0.2) is 0 Å². The Morgan fingerprint density at radius 1 is 1.07 bits per heavy atom. The van der Waals surface area contributed by atoms with Gasteiger partial charge in [-0.1, -0.05) is 6.92 Å². The van der Waals surface area contributed by atoms with Gasteiger partial charge in [-0.3, -0.25) is 4.90 Å². The molecule has 0 saturated carbocycles. The lowest BCUT2D eigenvalue weighted by molar-refractivity contribution is -0.342. The number of aliphatic hydroxyl groups excluding tert-OH is 2. The molecular weight excluding hydrogens is 190 g/mol. The first kappa shape index (κ1) is 13.8. The van der Waals surface area contributed by atoms with E-state index >= 15 is 0 Å². The average Bonchev–Trinajstić information content (AvgIpc) is 2.03. The van der Waals surface area contributed by atoms with Crippen molar-refractivity contribution >= 4 is 0 Å². The molecule has 5 N–H and O–H groups in total. The third-order valence-corrected chi connectivity index (χ3v) is 2.05. The van der Waals surface area contributed by atoms with Crippen molar-refractivity contribution in [3.05, 3.63) is 0 Å². The smallest absolute Gasteiger partial charge is 0.291 e. The Balaban J connectivity index is 4.41. The number of aliphatic hydroxyl groups is 5. The first-order valence-electron chi connectivity index (χ1n) is 4.60. The maximum absolute atomic E-state index is 9.01. The third kappa shape index (κ3) is 4.32. The van der Waals surface area contributed by atoms with Crippen molar-refractivity contribution in [1.82, 2.24) is 4.90 Å². The zero-order valence-electron chi connectivity index (χ0n) is 8.30. The first-order chi connectivity index (χ1) is 6.47. The van der Waals surface area contributed by atoms with Crippen LogP contribution in [-0.4, -0.2) is 68.8 Å². The molecule has 0 heterocycles. The highest BCUT2D eigenvalue weighted by molar-refractivity contribution is 4.76. The van der Waals surface area contributed by atoms with E-state index in [1.54, 1.807) is 6.92 Å². The molecule has 6 nitrogen and oxygen atoms in total. The quantitative estimate of drug-likeness (QED) is 0.302. The minimum Gasteiger partial charge on any atom is -0.395 e. The van der Waals surface area contributed by atoms with Crippen molar-refractivity contribution in [2.45, 2.75) is 25.4 Å². The molecule has 0 amide bonds. The molecule has 1 unspecified atom stereocenters. The lowest BCUT2D eigenvalue weighted by Gasteiger charge is -2.35. The molecule has 0 aliphatic heterocycles. The summed E-state index contributed by atoms with van der Waals surface area (Å²) in [5, 5.41) is 44.4. The van der Waals surface area contributed by atoms with E-state index in [-0.39, 0.29) is 26.3 Å². The first-order valence-corrected chi connectivity index (χ1v) is 4.60. The van der Waals surface area contributed by atoms with Crippen molar-refractivity contribution in [2.24, 2.45) is 0 Å². The summed E-state index contributed by atoms with van der Waals surface area (Å²) in [6.45, 7) is 1.66. The van der Waals surface area contributed by atoms with Crippen molar-refractivity contribution in [3.8, 4) is 0 Å². The van der Waals surface area contributed by atoms with Crippen LogP contribution in [0.2, 0.25) is 0 Å². The molecule has 0 radical (unpaired) electrons. The topological polar surface area (TPSA) is 104 Å². The fourth-order valence-corrected chi connectivity index (χ4v) is 1.46. The molecule has 86 valence electrons. The number of nitrogens with zero attached hydrogens (tertiary/aromatic N) is 1. The van der Waals surface area contributed by atoms with Crippen LogP contribution in [0.4, 0.5) is 0 Å². The van der Waals surface area contributed by atoms with Gasteiger partial charge in [0.2, 0.25) is 0 Å². The van der Waals surface area contributed by atoms with Crippen LogP contribution < -0.4 is 0 Å². The largest absolute Gasteiger partial charge is 0.395 e. The maximum Gasteiger partial charge on any atom is 0.291 e. The van der Waals surface area contributed by atoms with Crippen LogP contribution in [0.15, 0.2) is 0 Å². The predicted molar refractivity (Wildman–Crippen MR) is 49.2 cm³/mol. The molecule has 6 heteroatoms. The Kier molecular flexibility index (Phi) is 6.17. The highest BCUT2D eigenvalue weighted by Gasteiger charge is 2.35. The Morgan fingerprint density at radius 2 is 1.50 bits per heavy atom. The van der Waals surface area contributed by atoms with E-state index in [9.17, 15) is 0 Å². The summed E-state index contributed by atoms with van der Waals surface area (Å²) in [5.74, 6) is -2.81. The molecule has 0 fully saturated rings. The molecule has 0 bridgehead atoms. The molecule has 0 saturated heterocycles. The minimum atomic E-state index is -2.81. The normalized spacial score (nSPS) is 14.8. The standard InChI is InChI=1S/C8H19NO5/c1-2-7(8(12,13)14)9(3-5-10)4-6-11/h7,10-14H,2-6H2,1H3. The van der Waals surface area contributed by atoms with Crippen LogP contribution in [0.1, 0.15) is 13.3 Å². The van der Waals surface area contributed by atoms with Gasteiger partial charge in [-0.15, -0.1) is 0 Å². The van der Waals surface area contributed by atoms with Gasteiger partial charge in [0, 0.05) is 13.1 Å². The van der Waals surface area contributed by atoms with Crippen molar-refractivity contribution in [1.29, 1.82) is 0 Å². The van der Waals surface area contributed by atoms with Crippen LogP contribution in [0, 0.1) is 0 Å². The second kappa shape index (κ2) is 6.28. The number of hydrogen-bond donors (Lipinski definition) is 5. The van der Waals surface area contributed by atoms with E-state index in [0.29, 0.717) is 6.42 Å². The fraction of sp³-hybridized carbons (Fsp3) is 1.00. The molecule has 0 aromatic rings. The van der Waals surface area contributed by atoms with Gasteiger partial charge in [-0.05, 0) is 6.42 Å². The van der Waals surface area contributed by atoms with Crippen LogP contribution in [-0.2, 0) is 0 Å². The summed E-state index contributed by atoms with van der Waals surface area (Å²) in [4.78, 5) is 1.42. The second-order valence-corrected chi connectivity index (χ2v) is 3.09. The Labute approximate surface area is 83.0 Å². The molecule has 0 spiro atoms. The number of rotatable bonds is 7. The zero-order chi connectivity index (χ0) is 11.2. The predicted octanol–water partition coefficient (Wildman–Crippen LogP) is -2.32. The zero-order valence-corrected chi connectivity index (χ0v) is 8.30. The molecule has 0 aliphatic rings. The summed E-state index contributed by atoms with van der Waals surface area (Å²) in [7, 11) is 0. The van der Waals surface area contributed by atoms with Crippen LogP contribution in [0.25, 0.3) is 0 Å². The fourth-order valence-electron chi connectivity index (χ4n) is 1.46. The van der Waals surface area contributed by atoms with Crippen LogP contribution >= 0.6 is 0 Å². The summed E-state index contributed by atoms with van der Waals surface area (Å²) in [6, 6.07) is -0.915. The number of hydrogen-bond acceptors (Lipinski definition) is 6. The molecule has 0 rings (SSSR count). The van der Waals surface area contributed by atoms with Gasteiger partial charge in [0.15, 0.2) is 0 Å². The van der Waals surface area contributed by atoms with Gasteiger partial charge in [0.05, 0.1) is 19.3 Å². The van der Waals surface area contributed by atoms with Gasteiger partial charge in [-0.2, -0.15) is 0 Å². The summed E-state index contributed by atoms with van der Waals surface area (Å²) >= 11 is 0. The van der Waals surface area contributed by atoms with Gasteiger partial charge in [0.25, 0.3) is 5.97 Å².